The molecule has 2 bridgehead atoms. The lowest BCUT2D eigenvalue weighted by Gasteiger charge is -2.21. The Labute approximate surface area is 147 Å². The molecule has 2 atom stereocenters. The number of rotatable bonds is 2. The first-order chi connectivity index (χ1) is 11.9. The summed E-state index contributed by atoms with van der Waals surface area (Å²) in [6, 6.07) is 3.38. The van der Waals surface area contributed by atoms with Crippen molar-refractivity contribution in [3.05, 3.63) is 45.1 Å². The number of aliphatic hydroxyl groups excluding tert-OH is 1. The van der Waals surface area contributed by atoms with Crippen LogP contribution in [-0.2, 0) is 16.6 Å². The Hall–Kier alpha value is -2.47. The third-order valence-corrected chi connectivity index (χ3v) is 6.35. The molecule has 2 fully saturated rings. The molecule has 5 nitrogen and oxygen atoms in total. The molecule has 2 saturated carbocycles. The van der Waals surface area contributed by atoms with Crippen LogP contribution in [0.5, 0.6) is 0 Å². The van der Waals surface area contributed by atoms with Crippen LogP contribution < -0.4 is 4.87 Å². The number of Topliss-reactive ketones (excluding diaryl/α,β-unsaturated/α-hetero) is 2. The topological polar surface area (TPSA) is 76.4 Å². The number of fused-ring (bicyclic) bond motifs is 3. The van der Waals surface area contributed by atoms with E-state index < -0.39 is 0 Å². The molecule has 6 heteroatoms. The minimum Gasteiger partial charge on any atom is -0.506 e. The maximum atomic E-state index is 12.6. The molecule has 1 N–H and O–H groups in total. The van der Waals surface area contributed by atoms with E-state index in [-0.39, 0.29) is 39.6 Å². The lowest BCUT2D eigenvalue weighted by molar-refractivity contribution is -0.127. The molecule has 0 saturated heterocycles. The first-order valence-corrected chi connectivity index (χ1v) is 9.02. The summed E-state index contributed by atoms with van der Waals surface area (Å²) in [7, 11) is 1.65. The van der Waals surface area contributed by atoms with Crippen molar-refractivity contribution in [3.8, 4) is 0 Å². The summed E-state index contributed by atoms with van der Waals surface area (Å²) in [6.45, 7) is 3.79. The number of nitrogens with zero attached hydrogens (tertiary/aromatic N) is 1. The largest absolute Gasteiger partial charge is 0.506 e. The number of benzene rings is 1. The SMILES string of the molecule is C=Cc1c(C(O)=C2C(=O)C3CCC(C3)C2=O)ccc2sc(=O)n(C)c12. The molecule has 1 aromatic heterocycles. The quantitative estimate of drug-likeness (QED) is 0.510. The van der Waals surface area contributed by atoms with Gasteiger partial charge in [0.2, 0.25) is 0 Å². The summed E-state index contributed by atoms with van der Waals surface area (Å²) in [5, 5.41) is 10.8. The van der Waals surface area contributed by atoms with Crippen LogP contribution in [-0.4, -0.2) is 21.2 Å². The minimum atomic E-state index is -0.290. The third-order valence-electron chi connectivity index (χ3n) is 5.35. The van der Waals surface area contributed by atoms with E-state index in [0.29, 0.717) is 35.9 Å². The van der Waals surface area contributed by atoms with Gasteiger partial charge in [-0.1, -0.05) is 24.0 Å². The van der Waals surface area contributed by atoms with E-state index in [4.69, 9.17) is 0 Å². The van der Waals surface area contributed by atoms with Gasteiger partial charge < -0.3 is 9.67 Å². The molecule has 0 spiro atoms. The molecule has 1 aromatic carbocycles. The lowest BCUT2D eigenvalue weighted by atomic mass is 9.81. The van der Waals surface area contributed by atoms with Crippen LogP contribution in [0, 0.1) is 11.8 Å². The fraction of sp³-hybridized carbons (Fsp3) is 0.316. The molecule has 128 valence electrons. The Kier molecular flexibility index (Phi) is 3.54. The molecule has 2 aliphatic carbocycles. The van der Waals surface area contributed by atoms with Gasteiger partial charge in [0.25, 0.3) is 0 Å². The number of aromatic nitrogens is 1. The van der Waals surface area contributed by atoms with E-state index in [9.17, 15) is 19.5 Å². The Bertz CT molecular complexity index is 1020. The molecule has 25 heavy (non-hydrogen) atoms. The van der Waals surface area contributed by atoms with E-state index in [0.717, 1.165) is 16.0 Å². The zero-order valence-corrected chi connectivity index (χ0v) is 14.6. The fourth-order valence-electron chi connectivity index (χ4n) is 4.04. The van der Waals surface area contributed by atoms with Crippen LogP contribution in [0.4, 0.5) is 0 Å². The van der Waals surface area contributed by atoms with E-state index in [2.05, 4.69) is 6.58 Å². The average molecular weight is 355 g/mol. The Morgan fingerprint density at radius 1 is 1.24 bits per heavy atom. The highest BCUT2D eigenvalue weighted by Gasteiger charge is 2.45. The van der Waals surface area contributed by atoms with Gasteiger partial charge in [-0.15, -0.1) is 0 Å². The number of hydrogen-bond donors (Lipinski definition) is 1. The Morgan fingerprint density at radius 2 is 1.88 bits per heavy atom. The van der Waals surface area contributed by atoms with Crippen LogP contribution in [0.3, 0.4) is 0 Å². The van der Waals surface area contributed by atoms with Crippen molar-refractivity contribution >= 4 is 45.0 Å². The number of thiazole rings is 1. The second kappa shape index (κ2) is 5.52. The Morgan fingerprint density at radius 3 is 2.48 bits per heavy atom. The summed E-state index contributed by atoms with van der Waals surface area (Å²) in [5.41, 5.74) is 1.49. The predicted octanol–water partition coefficient (Wildman–Crippen LogP) is 3.08. The van der Waals surface area contributed by atoms with E-state index in [1.54, 1.807) is 25.3 Å². The molecule has 0 amide bonds. The van der Waals surface area contributed by atoms with E-state index in [1.165, 1.54) is 4.57 Å². The Balaban J connectivity index is 1.99. The lowest BCUT2D eigenvalue weighted by Crippen LogP contribution is -2.30. The fourth-order valence-corrected chi connectivity index (χ4v) is 4.93. The number of aryl methyl sites for hydroxylation is 1. The highest BCUT2D eigenvalue weighted by molar-refractivity contribution is 7.16. The second-order valence-corrected chi connectivity index (χ2v) is 7.66. The van der Waals surface area contributed by atoms with Crippen molar-refractivity contribution < 1.29 is 14.7 Å². The van der Waals surface area contributed by atoms with Crippen molar-refractivity contribution in [1.82, 2.24) is 4.57 Å². The highest BCUT2D eigenvalue weighted by atomic mass is 32.1. The number of carbonyl (C=O) groups excluding carboxylic acids is 2. The molecule has 2 aromatic rings. The van der Waals surface area contributed by atoms with Gasteiger partial charge in [-0.3, -0.25) is 14.4 Å². The number of aliphatic hydroxyl groups is 1. The zero-order valence-electron chi connectivity index (χ0n) is 13.7. The van der Waals surface area contributed by atoms with Gasteiger partial charge in [0.15, 0.2) is 11.6 Å². The monoisotopic (exact) mass is 355 g/mol. The predicted molar refractivity (Wildman–Crippen MR) is 97.6 cm³/mol. The van der Waals surface area contributed by atoms with Crippen molar-refractivity contribution in [1.29, 1.82) is 0 Å². The highest BCUT2D eigenvalue weighted by Crippen LogP contribution is 2.42. The van der Waals surface area contributed by atoms with Crippen LogP contribution in [0.2, 0.25) is 0 Å². The van der Waals surface area contributed by atoms with E-state index in [1.807, 2.05) is 0 Å². The molecular weight excluding hydrogens is 338 g/mol. The minimum absolute atomic E-state index is 0.0820. The summed E-state index contributed by atoms with van der Waals surface area (Å²) >= 11 is 1.10. The second-order valence-electron chi connectivity index (χ2n) is 6.66. The molecule has 0 aliphatic heterocycles. The average Bonchev–Trinajstić information content (AvgIpc) is 3.16. The van der Waals surface area contributed by atoms with Gasteiger partial charge in [0.1, 0.15) is 11.3 Å². The number of carbonyl (C=O) groups is 2. The summed E-state index contributed by atoms with van der Waals surface area (Å²) in [6.07, 6.45) is 3.56. The van der Waals surface area contributed by atoms with Gasteiger partial charge in [-0.25, -0.2) is 0 Å². The van der Waals surface area contributed by atoms with Gasteiger partial charge >= 0.3 is 4.87 Å². The molecule has 0 radical (unpaired) electrons. The summed E-state index contributed by atoms with van der Waals surface area (Å²) < 4.78 is 2.26. The zero-order chi connectivity index (χ0) is 17.9. The van der Waals surface area contributed by atoms with Crippen molar-refractivity contribution in [2.24, 2.45) is 18.9 Å². The first-order valence-electron chi connectivity index (χ1n) is 8.21. The summed E-state index contributed by atoms with van der Waals surface area (Å²) in [4.78, 5) is 37.1. The van der Waals surface area contributed by atoms with Crippen LogP contribution in [0.1, 0.15) is 30.4 Å². The van der Waals surface area contributed by atoms with Gasteiger partial charge in [-0.05, 0) is 31.4 Å². The number of hydrogen-bond acceptors (Lipinski definition) is 5. The van der Waals surface area contributed by atoms with Crippen LogP contribution >= 0.6 is 11.3 Å². The molecule has 4 rings (SSSR count). The molecular formula is C19H17NO4S. The maximum absolute atomic E-state index is 12.6. The van der Waals surface area contributed by atoms with Crippen LogP contribution in [0.25, 0.3) is 22.1 Å². The van der Waals surface area contributed by atoms with Gasteiger partial charge in [0.05, 0.1) is 10.2 Å². The van der Waals surface area contributed by atoms with Crippen LogP contribution in [0.15, 0.2) is 29.1 Å². The molecule has 2 unspecified atom stereocenters. The van der Waals surface area contributed by atoms with Gasteiger partial charge in [0, 0.05) is 30.0 Å². The maximum Gasteiger partial charge on any atom is 0.307 e. The third kappa shape index (κ3) is 2.17. The number of allylic oxidation sites excluding steroid dienone is 1. The van der Waals surface area contributed by atoms with Gasteiger partial charge in [-0.2, -0.15) is 0 Å². The standard InChI is InChI=1S/C19H17NO4S/c1-3-11-12(6-7-13-15(11)20(2)19(24)25-13)18(23)14-16(21)9-4-5-10(8-9)17(14)22/h3,6-7,9-10,23H,1,4-5,8H2,2H3. The summed E-state index contributed by atoms with van der Waals surface area (Å²) in [5.74, 6) is -1.14. The van der Waals surface area contributed by atoms with Crippen molar-refractivity contribution in [3.63, 3.8) is 0 Å². The molecule has 2 aliphatic rings. The van der Waals surface area contributed by atoms with Crippen molar-refractivity contribution in [2.75, 3.05) is 0 Å². The smallest absolute Gasteiger partial charge is 0.307 e. The van der Waals surface area contributed by atoms with Crippen molar-refractivity contribution in [2.45, 2.75) is 19.3 Å². The van der Waals surface area contributed by atoms with E-state index >= 15 is 0 Å². The molecule has 1 heterocycles. The normalized spacial score (nSPS) is 22.7. The number of ketones is 2. The first kappa shape index (κ1) is 16.0.